The highest BCUT2D eigenvalue weighted by molar-refractivity contribution is 7.13. The van der Waals surface area contributed by atoms with Gasteiger partial charge in [0.25, 0.3) is 0 Å². The van der Waals surface area contributed by atoms with Crippen molar-refractivity contribution < 1.29 is 19.4 Å². The minimum absolute atomic E-state index is 0.0490. The van der Waals surface area contributed by atoms with E-state index < -0.39 is 5.97 Å². The van der Waals surface area contributed by atoms with Gasteiger partial charge < -0.3 is 14.6 Å². The smallest absolute Gasteiger partial charge is 0.355 e. The molecule has 5 nitrogen and oxygen atoms in total. The number of allylic oxidation sites excluding steroid dienone is 1. The van der Waals surface area contributed by atoms with Crippen molar-refractivity contribution in [2.75, 3.05) is 13.2 Å². The number of rotatable bonds is 9. The third-order valence-electron chi connectivity index (χ3n) is 3.75. The second-order valence-corrected chi connectivity index (χ2v) is 6.53. The molecule has 0 spiro atoms. The van der Waals surface area contributed by atoms with Crippen LogP contribution in [-0.4, -0.2) is 29.3 Å². The Bertz CT molecular complexity index is 935. The van der Waals surface area contributed by atoms with Gasteiger partial charge in [-0.25, -0.2) is 9.78 Å². The molecule has 0 amide bonds. The maximum atomic E-state index is 11.0. The molecule has 0 saturated heterocycles. The Morgan fingerprint density at radius 1 is 1.15 bits per heavy atom. The highest BCUT2D eigenvalue weighted by atomic mass is 32.1. The quantitative estimate of drug-likeness (QED) is 0.430. The first-order chi connectivity index (χ1) is 13.2. The second kappa shape index (κ2) is 9.00. The van der Waals surface area contributed by atoms with Crippen LogP contribution in [0.5, 0.6) is 11.5 Å². The van der Waals surface area contributed by atoms with Gasteiger partial charge in [0, 0.05) is 10.9 Å². The summed E-state index contributed by atoms with van der Waals surface area (Å²) in [6, 6.07) is 15.3. The summed E-state index contributed by atoms with van der Waals surface area (Å²) < 4.78 is 11.6. The number of aromatic carboxylic acids is 1. The maximum Gasteiger partial charge on any atom is 0.355 e. The van der Waals surface area contributed by atoms with Crippen LogP contribution in [0.4, 0.5) is 0 Å². The summed E-state index contributed by atoms with van der Waals surface area (Å²) in [5.74, 6) is 0.486. The number of carboxylic acid groups (broad SMARTS) is 1. The minimum Gasteiger partial charge on any atom is -0.490 e. The van der Waals surface area contributed by atoms with Gasteiger partial charge in [-0.05, 0) is 30.2 Å². The lowest BCUT2D eigenvalue weighted by Gasteiger charge is -2.11. The van der Waals surface area contributed by atoms with Crippen LogP contribution < -0.4 is 9.47 Å². The van der Waals surface area contributed by atoms with Crippen LogP contribution >= 0.6 is 11.3 Å². The molecule has 2 aromatic carbocycles. The summed E-state index contributed by atoms with van der Waals surface area (Å²) >= 11 is 1.29. The van der Waals surface area contributed by atoms with Crippen LogP contribution in [0.15, 0.2) is 66.6 Å². The molecule has 1 N–H and O–H groups in total. The lowest BCUT2D eigenvalue weighted by Crippen LogP contribution is -2.10. The summed E-state index contributed by atoms with van der Waals surface area (Å²) in [7, 11) is 0. The predicted molar refractivity (Wildman–Crippen MR) is 106 cm³/mol. The van der Waals surface area contributed by atoms with Crippen LogP contribution in [0, 0.1) is 0 Å². The van der Waals surface area contributed by atoms with Crippen molar-refractivity contribution >= 4 is 17.3 Å². The van der Waals surface area contributed by atoms with E-state index in [2.05, 4.69) is 11.6 Å². The van der Waals surface area contributed by atoms with Crippen molar-refractivity contribution in [3.8, 4) is 22.1 Å². The third kappa shape index (κ3) is 4.95. The van der Waals surface area contributed by atoms with Crippen molar-refractivity contribution in [2.24, 2.45) is 0 Å². The number of thiazole rings is 1. The van der Waals surface area contributed by atoms with E-state index in [1.54, 1.807) is 0 Å². The fourth-order valence-electron chi connectivity index (χ4n) is 2.50. The third-order valence-corrected chi connectivity index (χ3v) is 4.64. The molecule has 0 atom stereocenters. The largest absolute Gasteiger partial charge is 0.490 e. The van der Waals surface area contributed by atoms with Crippen molar-refractivity contribution in [3.63, 3.8) is 0 Å². The van der Waals surface area contributed by atoms with E-state index in [4.69, 9.17) is 14.6 Å². The Morgan fingerprint density at radius 2 is 1.96 bits per heavy atom. The topological polar surface area (TPSA) is 68.7 Å². The summed E-state index contributed by atoms with van der Waals surface area (Å²) in [5.41, 5.74) is 1.96. The molecule has 0 aliphatic carbocycles. The van der Waals surface area contributed by atoms with Gasteiger partial charge in [-0.15, -0.1) is 17.9 Å². The van der Waals surface area contributed by atoms with E-state index in [-0.39, 0.29) is 5.69 Å². The summed E-state index contributed by atoms with van der Waals surface area (Å²) in [5, 5.41) is 11.2. The zero-order valence-electron chi connectivity index (χ0n) is 14.6. The minimum atomic E-state index is -1.03. The number of carboxylic acids is 1. The van der Waals surface area contributed by atoms with Gasteiger partial charge in [-0.3, -0.25) is 0 Å². The van der Waals surface area contributed by atoms with E-state index in [0.717, 1.165) is 23.3 Å². The van der Waals surface area contributed by atoms with Crippen LogP contribution in [0.1, 0.15) is 16.1 Å². The Kier molecular flexibility index (Phi) is 6.22. The number of aromatic nitrogens is 1. The number of hydrogen-bond acceptors (Lipinski definition) is 5. The fourth-order valence-corrected chi connectivity index (χ4v) is 3.29. The summed E-state index contributed by atoms with van der Waals surface area (Å²) in [6.45, 7) is 4.57. The first-order valence-electron chi connectivity index (χ1n) is 8.41. The Labute approximate surface area is 161 Å². The molecule has 0 unspecified atom stereocenters. The Morgan fingerprint density at radius 3 is 2.74 bits per heavy atom. The molecule has 3 rings (SSSR count). The zero-order valence-corrected chi connectivity index (χ0v) is 15.4. The van der Waals surface area contributed by atoms with Crippen LogP contribution in [0.3, 0.4) is 0 Å². The van der Waals surface area contributed by atoms with Crippen molar-refractivity contribution in [1.82, 2.24) is 4.98 Å². The predicted octanol–water partition coefficient (Wildman–Crippen LogP) is 4.69. The maximum absolute atomic E-state index is 11.0. The van der Waals surface area contributed by atoms with Crippen LogP contribution in [-0.2, 0) is 6.42 Å². The lowest BCUT2D eigenvalue weighted by molar-refractivity contribution is 0.0691. The molecular weight excluding hydrogens is 362 g/mol. The van der Waals surface area contributed by atoms with Crippen LogP contribution in [0.25, 0.3) is 10.6 Å². The van der Waals surface area contributed by atoms with E-state index in [1.807, 2.05) is 54.6 Å². The molecule has 0 aliphatic rings. The van der Waals surface area contributed by atoms with Gasteiger partial charge in [-0.2, -0.15) is 0 Å². The van der Waals surface area contributed by atoms with Crippen molar-refractivity contribution in [1.29, 1.82) is 0 Å². The Balaban J connectivity index is 1.57. The molecular formula is C21H19NO4S. The molecule has 0 radical (unpaired) electrons. The molecule has 6 heteroatoms. The number of para-hydroxylation sites is 1. The highest BCUT2D eigenvalue weighted by Gasteiger charge is 2.10. The molecule has 0 fully saturated rings. The monoisotopic (exact) mass is 381 g/mol. The number of ether oxygens (including phenoxy) is 2. The normalized spacial score (nSPS) is 10.4. The molecule has 1 aromatic heterocycles. The summed E-state index contributed by atoms with van der Waals surface area (Å²) in [6.07, 6.45) is 2.60. The SMILES string of the molecule is C=CCc1ccccc1OCCOc1cccc(-c2nc(C(=O)O)cs2)c1. The summed E-state index contributed by atoms with van der Waals surface area (Å²) in [4.78, 5) is 15.1. The van der Waals surface area contributed by atoms with Crippen molar-refractivity contribution in [2.45, 2.75) is 6.42 Å². The van der Waals surface area contributed by atoms with Crippen LogP contribution in [0.2, 0.25) is 0 Å². The first kappa shape index (κ1) is 18.7. The zero-order chi connectivity index (χ0) is 19.1. The molecule has 0 bridgehead atoms. The van der Waals surface area contributed by atoms with Gasteiger partial charge >= 0.3 is 5.97 Å². The average molecular weight is 381 g/mol. The number of carbonyl (C=O) groups is 1. The fraction of sp³-hybridized carbons (Fsp3) is 0.143. The number of hydrogen-bond donors (Lipinski definition) is 1. The van der Waals surface area contributed by atoms with E-state index in [9.17, 15) is 4.79 Å². The van der Waals surface area contributed by atoms with E-state index >= 15 is 0 Å². The molecule has 138 valence electrons. The van der Waals surface area contributed by atoms with E-state index in [1.165, 1.54) is 16.7 Å². The van der Waals surface area contributed by atoms with Gasteiger partial charge in [-0.1, -0.05) is 36.4 Å². The number of benzene rings is 2. The van der Waals surface area contributed by atoms with Gasteiger partial charge in [0.05, 0.1) is 0 Å². The second-order valence-electron chi connectivity index (χ2n) is 5.67. The molecule has 27 heavy (non-hydrogen) atoms. The number of nitrogens with zero attached hydrogens (tertiary/aromatic N) is 1. The van der Waals surface area contributed by atoms with Gasteiger partial charge in [0.2, 0.25) is 0 Å². The molecule has 3 aromatic rings. The first-order valence-corrected chi connectivity index (χ1v) is 9.29. The van der Waals surface area contributed by atoms with Gasteiger partial charge in [0.15, 0.2) is 5.69 Å². The lowest BCUT2D eigenvalue weighted by atomic mass is 10.1. The highest BCUT2D eigenvalue weighted by Crippen LogP contribution is 2.27. The average Bonchev–Trinajstić information content (AvgIpc) is 3.18. The molecule has 0 aliphatic heterocycles. The molecule has 1 heterocycles. The van der Waals surface area contributed by atoms with E-state index in [0.29, 0.717) is 24.0 Å². The Hall–Kier alpha value is -3.12. The molecule has 0 saturated carbocycles. The standard InChI is InChI=1S/C21H19NO4S/c1-2-6-15-7-3-4-10-19(15)26-12-11-25-17-9-5-8-16(13-17)20-22-18(14-27-20)21(23)24/h2-5,7-10,13-14H,1,6,11-12H2,(H,23,24). The van der Waals surface area contributed by atoms with Gasteiger partial charge in [0.1, 0.15) is 29.7 Å². The van der Waals surface area contributed by atoms with Crippen molar-refractivity contribution in [3.05, 3.63) is 77.8 Å².